The Morgan fingerprint density at radius 1 is 1.04 bits per heavy atom. The predicted molar refractivity (Wildman–Crippen MR) is 107 cm³/mol. The third-order valence-corrected chi connectivity index (χ3v) is 5.15. The van der Waals surface area contributed by atoms with Crippen LogP contribution in [0.3, 0.4) is 0 Å². The van der Waals surface area contributed by atoms with Crippen molar-refractivity contribution in [3.8, 4) is 0 Å². The first kappa shape index (κ1) is 17.0. The molecule has 0 saturated heterocycles. The summed E-state index contributed by atoms with van der Waals surface area (Å²) >= 11 is 0. The highest BCUT2D eigenvalue weighted by molar-refractivity contribution is 5.77. The maximum absolute atomic E-state index is 5.79. The van der Waals surface area contributed by atoms with Crippen molar-refractivity contribution in [1.29, 1.82) is 0 Å². The van der Waals surface area contributed by atoms with Crippen molar-refractivity contribution < 1.29 is 0 Å². The van der Waals surface area contributed by atoms with Gasteiger partial charge in [-0.2, -0.15) is 0 Å². The molecule has 0 aliphatic carbocycles. The van der Waals surface area contributed by atoms with Gasteiger partial charge < -0.3 is 5.73 Å². The van der Waals surface area contributed by atoms with Crippen LogP contribution in [0.2, 0.25) is 0 Å². The molecule has 134 valence electrons. The number of benzene rings is 1. The third-order valence-electron chi connectivity index (χ3n) is 5.15. The summed E-state index contributed by atoms with van der Waals surface area (Å²) in [6.45, 7) is 9.69. The second-order valence-corrected chi connectivity index (χ2v) is 8.28. The van der Waals surface area contributed by atoms with E-state index >= 15 is 0 Å². The summed E-state index contributed by atoms with van der Waals surface area (Å²) in [5.41, 5.74) is 12.0. The summed E-state index contributed by atoms with van der Waals surface area (Å²) in [6, 6.07) is 15.1. The molecule has 3 aromatic rings. The van der Waals surface area contributed by atoms with E-state index in [1.807, 2.05) is 12.1 Å². The molecule has 4 heteroatoms. The average Bonchev–Trinajstić information content (AvgIpc) is 2.60. The van der Waals surface area contributed by atoms with Crippen LogP contribution in [-0.2, 0) is 24.9 Å². The Morgan fingerprint density at radius 3 is 2.54 bits per heavy atom. The minimum atomic E-state index is 0.201. The van der Waals surface area contributed by atoms with E-state index in [2.05, 4.69) is 61.0 Å². The Hall–Kier alpha value is -2.46. The number of nitrogens with zero attached hydrogens (tertiary/aromatic N) is 3. The highest BCUT2D eigenvalue weighted by atomic mass is 15.1. The maximum atomic E-state index is 5.79. The van der Waals surface area contributed by atoms with E-state index in [-0.39, 0.29) is 5.41 Å². The highest BCUT2D eigenvalue weighted by Gasteiger charge is 2.19. The Bertz CT molecular complexity index is 939. The number of rotatable bonds is 2. The zero-order chi connectivity index (χ0) is 18.3. The molecule has 1 aliphatic heterocycles. The lowest BCUT2D eigenvalue weighted by Crippen LogP contribution is -2.30. The number of nitrogens with two attached hydrogens (primary N) is 1. The van der Waals surface area contributed by atoms with Crippen LogP contribution in [0.25, 0.3) is 11.0 Å². The summed E-state index contributed by atoms with van der Waals surface area (Å²) in [7, 11) is 0. The van der Waals surface area contributed by atoms with E-state index in [0.29, 0.717) is 5.82 Å². The van der Waals surface area contributed by atoms with Crippen molar-refractivity contribution in [2.75, 3.05) is 12.3 Å². The lowest BCUT2D eigenvalue weighted by atomic mass is 9.86. The molecule has 4 rings (SSSR count). The standard InChI is InChI=1S/C22H26N4/c1-22(2,3)18-7-4-15(5-8-18)13-26-11-10-19-17(14-26)12-16-6-9-20(23)25-21(16)24-19/h4-9,12H,10-11,13-14H2,1-3H3,(H2,23,24,25). The molecule has 0 spiro atoms. The normalized spacial score (nSPS) is 15.2. The van der Waals surface area contributed by atoms with Crippen molar-refractivity contribution in [3.63, 3.8) is 0 Å². The molecule has 3 heterocycles. The fraction of sp³-hybridized carbons (Fsp3) is 0.364. The zero-order valence-corrected chi connectivity index (χ0v) is 15.8. The lowest BCUT2D eigenvalue weighted by molar-refractivity contribution is 0.243. The molecule has 0 unspecified atom stereocenters. The molecule has 2 aromatic heterocycles. The van der Waals surface area contributed by atoms with Crippen LogP contribution < -0.4 is 5.73 Å². The summed E-state index contributed by atoms with van der Waals surface area (Å²) in [6.07, 6.45) is 0.960. The Morgan fingerprint density at radius 2 is 1.81 bits per heavy atom. The van der Waals surface area contributed by atoms with Crippen LogP contribution in [0.4, 0.5) is 5.82 Å². The van der Waals surface area contributed by atoms with Crippen molar-refractivity contribution in [2.24, 2.45) is 0 Å². The Balaban J connectivity index is 1.52. The molecule has 0 atom stereocenters. The zero-order valence-electron chi connectivity index (χ0n) is 15.8. The third kappa shape index (κ3) is 3.42. The summed E-state index contributed by atoms with van der Waals surface area (Å²) in [4.78, 5) is 11.6. The van der Waals surface area contributed by atoms with Crippen molar-refractivity contribution in [3.05, 3.63) is 64.8 Å². The number of anilines is 1. The van der Waals surface area contributed by atoms with Gasteiger partial charge in [0.05, 0.1) is 0 Å². The van der Waals surface area contributed by atoms with Gasteiger partial charge in [0.1, 0.15) is 5.82 Å². The molecule has 2 N–H and O–H groups in total. The first-order valence-corrected chi connectivity index (χ1v) is 9.25. The van der Waals surface area contributed by atoms with Gasteiger partial charge in [0.25, 0.3) is 0 Å². The van der Waals surface area contributed by atoms with Gasteiger partial charge in [0, 0.05) is 37.1 Å². The molecular weight excluding hydrogens is 320 g/mol. The van der Waals surface area contributed by atoms with Crippen LogP contribution in [0.1, 0.15) is 43.2 Å². The summed E-state index contributed by atoms with van der Waals surface area (Å²) < 4.78 is 0. The van der Waals surface area contributed by atoms with E-state index in [0.717, 1.165) is 42.8 Å². The monoisotopic (exact) mass is 346 g/mol. The smallest absolute Gasteiger partial charge is 0.161 e. The van der Waals surface area contributed by atoms with Crippen molar-refractivity contribution in [1.82, 2.24) is 14.9 Å². The van der Waals surface area contributed by atoms with Gasteiger partial charge in [0.2, 0.25) is 0 Å². The van der Waals surface area contributed by atoms with Crippen LogP contribution in [0.15, 0.2) is 42.5 Å². The maximum Gasteiger partial charge on any atom is 0.161 e. The number of pyridine rings is 2. The van der Waals surface area contributed by atoms with Crippen molar-refractivity contribution in [2.45, 2.75) is 45.7 Å². The van der Waals surface area contributed by atoms with Crippen LogP contribution >= 0.6 is 0 Å². The number of hydrogen-bond acceptors (Lipinski definition) is 4. The minimum Gasteiger partial charge on any atom is -0.384 e. The molecule has 1 aromatic carbocycles. The molecule has 0 fully saturated rings. The number of aromatic nitrogens is 2. The average molecular weight is 346 g/mol. The van der Waals surface area contributed by atoms with E-state index in [9.17, 15) is 0 Å². The fourth-order valence-electron chi connectivity index (χ4n) is 3.59. The number of fused-ring (bicyclic) bond motifs is 2. The van der Waals surface area contributed by atoms with Gasteiger partial charge in [-0.1, -0.05) is 45.0 Å². The van der Waals surface area contributed by atoms with E-state index in [4.69, 9.17) is 10.7 Å². The molecular formula is C22H26N4. The van der Waals surface area contributed by atoms with Crippen molar-refractivity contribution >= 4 is 16.9 Å². The van der Waals surface area contributed by atoms with Gasteiger partial charge >= 0.3 is 0 Å². The molecule has 0 radical (unpaired) electrons. The van der Waals surface area contributed by atoms with E-state index in [1.54, 1.807) is 0 Å². The molecule has 0 amide bonds. The largest absolute Gasteiger partial charge is 0.384 e. The van der Waals surface area contributed by atoms with Gasteiger partial charge in [-0.3, -0.25) is 4.90 Å². The second kappa shape index (κ2) is 6.36. The van der Waals surface area contributed by atoms with E-state index in [1.165, 1.54) is 16.7 Å². The molecule has 0 bridgehead atoms. The molecule has 26 heavy (non-hydrogen) atoms. The van der Waals surface area contributed by atoms with Crippen LogP contribution in [-0.4, -0.2) is 21.4 Å². The SMILES string of the molecule is CC(C)(C)c1ccc(CN2CCc3nc4nc(N)ccc4cc3C2)cc1. The number of hydrogen-bond donors (Lipinski definition) is 1. The second-order valence-electron chi connectivity index (χ2n) is 8.28. The number of nitrogen functional groups attached to an aromatic ring is 1. The first-order valence-electron chi connectivity index (χ1n) is 9.25. The van der Waals surface area contributed by atoms with Gasteiger partial charge in [-0.25, -0.2) is 9.97 Å². The Labute approximate surface area is 155 Å². The first-order chi connectivity index (χ1) is 12.4. The fourth-order valence-corrected chi connectivity index (χ4v) is 3.59. The quantitative estimate of drug-likeness (QED) is 0.760. The highest BCUT2D eigenvalue weighted by Crippen LogP contribution is 2.25. The molecule has 1 aliphatic rings. The van der Waals surface area contributed by atoms with E-state index < -0.39 is 0 Å². The summed E-state index contributed by atoms with van der Waals surface area (Å²) in [5.74, 6) is 0.529. The van der Waals surface area contributed by atoms with Gasteiger partial charge in [-0.05, 0) is 40.3 Å². The van der Waals surface area contributed by atoms with Crippen LogP contribution in [0.5, 0.6) is 0 Å². The Kier molecular flexibility index (Phi) is 4.16. The lowest BCUT2D eigenvalue weighted by Gasteiger charge is -2.28. The molecule has 4 nitrogen and oxygen atoms in total. The minimum absolute atomic E-state index is 0.201. The van der Waals surface area contributed by atoms with Crippen LogP contribution in [0, 0.1) is 0 Å². The topological polar surface area (TPSA) is 55.0 Å². The molecule has 0 saturated carbocycles. The predicted octanol–water partition coefficient (Wildman–Crippen LogP) is 4.07. The van der Waals surface area contributed by atoms with Gasteiger partial charge in [-0.15, -0.1) is 0 Å². The van der Waals surface area contributed by atoms with Gasteiger partial charge in [0.15, 0.2) is 5.65 Å². The summed E-state index contributed by atoms with van der Waals surface area (Å²) in [5, 5.41) is 1.06.